The Hall–Kier alpha value is -1.35. The largest absolute Gasteiger partial charge is 0.334 e. The number of benzene rings is 1. The molecule has 1 atom stereocenters. The fraction of sp³-hybridized carbons (Fsp3) is 0.562. The smallest absolute Gasteiger partial charge is 0.254 e. The Morgan fingerprint density at radius 1 is 1.26 bits per heavy atom. The summed E-state index contributed by atoms with van der Waals surface area (Å²) in [5.41, 5.74) is 8.85. The summed E-state index contributed by atoms with van der Waals surface area (Å²) in [6, 6.07) is 6.23. The summed E-state index contributed by atoms with van der Waals surface area (Å²) in [5, 5.41) is 0. The van der Waals surface area contributed by atoms with E-state index in [1.165, 1.54) is 12.8 Å². The summed E-state index contributed by atoms with van der Waals surface area (Å²) in [6.45, 7) is 5.43. The second-order valence-corrected chi connectivity index (χ2v) is 5.50. The molecule has 1 amide bonds. The highest BCUT2D eigenvalue weighted by Gasteiger charge is 2.26. The molecule has 1 aliphatic rings. The maximum atomic E-state index is 12.8. The molecule has 1 fully saturated rings. The van der Waals surface area contributed by atoms with Crippen LogP contribution in [0.4, 0.5) is 0 Å². The van der Waals surface area contributed by atoms with Gasteiger partial charge in [-0.2, -0.15) is 0 Å². The van der Waals surface area contributed by atoms with Crippen LogP contribution in [0.2, 0.25) is 0 Å². The molecule has 2 rings (SSSR count). The van der Waals surface area contributed by atoms with Gasteiger partial charge in [-0.1, -0.05) is 31.0 Å². The van der Waals surface area contributed by atoms with Crippen molar-refractivity contribution >= 4 is 5.91 Å². The average molecular weight is 260 g/mol. The van der Waals surface area contributed by atoms with Crippen molar-refractivity contribution in [2.75, 3.05) is 13.1 Å². The molecule has 0 saturated carbocycles. The zero-order valence-corrected chi connectivity index (χ0v) is 12.0. The van der Waals surface area contributed by atoms with Crippen molar-refractivity contribution in [3.63, 3.8) is 0 Å². The van der Waals surface area contributed by atoms with Crippen LogP contribution in [0.25, 0.3) is 0 Å². The highest BCUT2D eigenvalue weighted by molar-refractivity contribution is 5.97. The van der Waals surface area contributed by atoms with Gasteiger partial charge >= 0.3 is 0 Å². The number of likely N-dealkylation sites (tertiary alicyclic amines) is 1. The van der Waals surface area contributed by atoms with Crippen molar-refractivity contribution in [2.24, 2.45) is 5.73 Å². The van der Waals surface area contributed by atoms with Crippen molar-refractivity contribution < 1.29 is 4.79 Å². The standard InChI is InChI=1S/C16H24N2O/c1-12-7-6-8-13(2)15(12)16(19)18-10-5-3-4-9-14(18)11-17/h6-8,14H,3-5,9-11,17H2,1-2H3. The van der Waals surface area contributed by atoms with E-state index in [9.17, 15) is 4.79 Å². The van der Waals surface area contributed by atoms with E-state index in [0.29, 0.717) is 6.54 Å². The molecule has 0 radical (unpaired) electrons. The first kappa shape index (κ1) is 14.1. The van der Waals surface area contributed by atoms with Crippen LogP contribution in [-0.2, 0) is 0 Å². The molecule has 1 heterocycles. The SMILES string of the molecule is Cc1cccc(C)c1C(=O)N1CCCCCC1CN. The predicted molar refractivity (Wildman–Crippen MR) is 78.3 cm³/mol. The van der Waals surface area contributed by atoms with E-state index < -0.39 is 0 Å². The summed E-state index contributed by atoms with van der Waals surface area (Å²) in [4.78, 5) is 14.8. The molecule has 0 aliphatic carbocycles. The number of aryl methyl sites for hydroxylation is 2. The molecule has 1 saturated heterocycles. The number of amides is 1. The second kappa shape index (κ2) is 6.20. The molecular weight excluding hydrogens is 236 g/mol. The van der Waals surface area contributed by atoms with Gasteiger partial charge in [0.2, 0.25) is 0 Å². The molecule has 0 aromatic heterocycles. The lowest BCUT2D eigenvalue weighted by Crippen LogP contribution is -2.44. The summed E-state index contributed by atoms with van der Waals surface area (Å²) in [5.74, 6) is 0.160. The highest BCUT2D eigenvalue weighted by Crippen LogP contribution is 2.22. The predicted octanol–water partition coefficient (Wildman–Crippen LogP) is 2.65. The number of hydrogen-bond donors (Lipinski definition) is 1. The first-order valence-corrected chi connectivity index (χ1v) is 7.22. The quantitative estimate of drug-likeness (QED) is 0.888. The molecule has 1 aromatic rings. The summed E-state index contributed by atoms with van der Waals surface area (Å²) < 4.78 is 0. The third-order valence-electron chi connectivity index (χ3n) is 4.11. The van der Waals surface area contributed by atoms with Crippen LogP contribution < -0.4 is 5.73 Å². The monoisotopic (exact) mass is 260 g/mol. The third kappa shape index (κ3) is 2.98. The summed E-state index contributed by atoms with van der Waals surface area (Å²) in [6.07, 6.45) is 4.51. The zero-order chi connectivity index (χ0) is 13.8. The summed E-state index contributed by atoms with van der Waals surface area (Å²) in [7, 11) is 0. The van der Waals surface area contributed by atoms with E-state index in [1.807, 2.05) is 36.9 Å². The number of hydrogen-bond acceptors (Lipinski definition) is 2. The van der Waals surface area contributed by atoms with Crippen molar-refractivity contribution in [1.82, 2.24) is 4.90 Å². The lowest BCUT2D eigenvalue weighted by atomic mass is 10.0. The maximum absolute atomic E-state index is 12.8. The van der Waals surface area contributed by atoms with Crippen LogP contribution in [-0.4, -0.2) is 29.9 Å². The molecule has 0 spiro atoms. The zero-order valence-electron chi connectivity index (χ0n) is 12.0. The highest BCUT2D eigenvalue weighted by atomic mass is 16.2. The van der Waals surface area contributed by atoms with Gasteiger partial charge < -0.3 is 10.6 Å². The van der Waals surface area contributed by atoms with E-state index >= 15 is 0 Å². The molecule has 3 nitrogen and oxygen atoms in total. The molecule has 104 valence electrons. The number of nitrogens with zero attached hydrogens (tertiary/aromatic N) is 1. The molecule has 3 heteroatoms. The van der Waals surface area contributed by atoms with E-state index in [4.69, 9.17) is 5.73 Å². The van der Waals surface area contributed by atoms with Gasteiger partial charge in [0.15, 0.2) is 0 Å². The fourth-order valence-electron chi connectivity index (χ4n) is 2.99. The second-order valence-electron chi connectivity index (χ2n) is 5.50. The van der Waals surface area contributed by atoms with E-state index in [1.54, 1.807) is 0 Å². The molecule has 1 aliphatic heterocycles. The minimum absolute atomic E-state index is 0.160. The lowest BCUT2D eigenvalue weighted by molar-refractivity contribution is 0.0687. The first-order valence-electron chi connectivity index (χ1n) is 7.22. The van der Waals surface area contributed by atoms with Crippen LogP contribution in [0.5, 0.6) is 0 Å². The van der Waals surface area contributed by atoms with Gasteiger partial charge in [0.1, 0.15) is 0 Å². The Morgan fingerprint density at radius 3 is 2.58 bits per heavy atom. The van der Waals surface area contributed by atoms with Gasteiger partial charge in [-0.05, 0) is 37.8 Å². The van der Waals surface area contributed by atoms with Crippen molar-refractivity contribution in [1.29, 1.82) is 0 Å². The molecule has 0 bridgehead atoms. The van der Waals surface area contributed by atoms with E-state index in [2.05, 4.69) is 0 Å². The molecule has 1 unspecified atom stereocenters. The molecular formula is C16H24N2O. The van der Waals surface area contributed by atoms with Gasteiger partial charge in [0.25, 0.3) is 5.91 Å². The van der Waals surface area contributed by atoms with Gasteiger partial charge in [-0.25, -0.2) is 0 Å². The van der Waals surface area contributed by atoms with Gasteiger partial charge in [0.05, 0.1) is 0 Å². The van der Waals surface area contributed by atoms with Gasteiger partial charge in [-0.15, -0.1) is 0 Å². The fourth-order valence-corrected chi connectivity index (χ4v) is 2.99. The normalized spacial score (nSPS) is 20.2. The average Bonchev–Trinajstić information content (AvgIpc) is 2.63. The van der Waals surface area contributed by atoms with Gasteiger partial charge in [0, 0.05) is 24.7 Å². The Kier molecular flexibility index (Phi) is 4.59. The van der Waals surface area contributed by atoms with E-state index in [0.717, 1.165) is 36.1 Å². The minimum atomic E-state index is 0.160. The van der Waals surface area contributed by atoms with Crippen molar-refractivity contribution in [2.45, 2.75) is 45.6 Å². The number of rotatable bonds is 2. The minimum Gasteiger partial charge on any atom is -0.334 e. The molecule has 1 aromatic carbocycles. The Bertz CT molecular complexity index is 436. The third-order valence-corrected chi connectivity index (χ3v) is 4.11. The Balaban J connectivity index is 2.30. The van der Waals surface area contributed by atoms with Crippen molar-refractivity contribution in [3.8, 4) is 0 Å². The Labute approximate surface area is 115 Å². The van der Waals surface area contributed by atoms with Crippen LogP contribution >= 0.6 is 0 Å². The van der Waals surface area contributed by atoms with Crippen LogP contribution in [0.15, 0.2) is 18.2 Å². The van der Waals surface area contributed by atoms with Crippen LogP contribution in [0, 0.1) is 13.8 Å². The lowest BCUT2D eigenvalue weighted by Gasteiger charge is -2.30. The molecule has 19 heavy (non-hydrogen) atoms. The topological polar surface area (TPSA) is 46.3 Å². The Morgan fingerprint density at radius 2 is 1.95 bits per heavy atom. The number of nitrogens with two attached hydrogens (primary N) is 1. The molecule has 2 N–H and O–H groups in total. The maximum Gasteiger partial charge on any atom is 0.254 e. The van der Waals surface area contributed by atoms with Crippen LogP contribution in [0.3, 0.4) is 0 Å². The van der Waals surface area contributed by atoms with Crippen LogP contribution in [0.1, 0.15) is 47.2 Å². The number of carbonyl (C=O) groups is 1. The first-order chi connectivity index (χ1) is 9.15. The van der Waals surface area contributed by atoms with Gasteiger partial charge in [-0.3, -0.25) is 4.79 Å². The van der Waals surface area contributed by atoms with E-state index in [-0.39, 0.29) is 11.9 Å². The number of carbonyl (C=O) groups excluding carboxylic acids is 1. The van der Waals surface area contributed by atoms with Crippen molar-refractivity contribution in [3.05, 3.63) is 34.9 Å². The summed E-state index contributed by atoms with van der Waals surface area (Å²) >= 11 is 0.